The molecule has 6 nitrogen and oxygen atoms in total. The molecule has 2 aromatic carbocycles. The van der Waals surface area contributed by atoms with Crippen LogP contribution in [0.3, 0.4) is 0 Å². The third kappa shape index (κ3) is 5.15. The first kappa shape index (κ1) is 22.0. The van der Waals surface area contributed by atoms with Gasteiger partial charge in [0.25, 0.3) is 5.91 Å². The van der Waals surface area contributed by atoms with E-state index in [1.165, 1.54) is 0 Å². The number of nitrogens with zero attached hydrogens (tertiary/aromatic N) is 2. The lowest BCUT2D eigenvalue weighted by atomic mass is 10.2. The van der Waals surface area contributed by atoms with Gasteiger partial charge in [-0.2, -0.15) is 5.10 Å². The second-order valence-electron chi connectivity index (χ2n) is 7.35. The van der Waals surface area contributed by atoms with Crippen LogP contribution in [-0.2, 0) is 13.2 Å². The second kappa shape index (κ2) is 9.51. The van der Waals surface area contributed by atoms with Crippen LogP contribution >= 0.6 is 23.2 Å². The van der Waals surface area contributed by atoms with Crippen molar-refractivity contribution in [3.8, 4) is 5.75 Å². The van der Waals surface area contributed by atoms with Gasteiger partial charge in [0, 0.05) is 11.4 Å². The first-order valence-corrected chi connectivity index (χ1v) is 10.7. The number of rotatable bonds is 7. The van der Waals surface area contributed by atoms with Crippen molar-refractivity contribution >= 4 is 34.8 Å². The van der Waals surface area contributed by atoms with Gasteiger partial charge >= 0.3 is 0 Å². The number of aromatic nitrogens is 2. The van der Waals surface area contributed by atoms with Gasteiger partial charge in [-0.1, -0.05) is 41.4 Å². The van der Waals surface area contributed by atoms with E-state index in [4.69, 9.17) is 32.4 Å². The van der Waals surface area contributed by atoms with E-state index >= 15 is 0 Å². The zero-order chi connectivity index (χ0) is 22.7. The molecule has 8 heteroatoms. The number of halogens is 2. The molecule has 164 valence electrons. The van der Waals surface area contributed by atoms with E-state index in [-0.39, 0.29) is 18.3 Å². The molecule has 0 saturated heterocycles. The van der Waals surface area contributed by atoms with Crippen LogP contribution in [-0.4, -0.2) is 15.7 Å². The Morgan fingerprint density at radius 2 is 1.91 bits per heavy atom. The van der Waals surface area contributed by atoms with Gasteiger partial charge in [-0.15, -0.1) is 0 Å². The van der Waals surface area contributed by atoms with E-state index in [0.717, 1.165) is 17.0 Å². The summed E-state index contributed by atoms with van der Waals surface area (Å²) >= 11 is 12.1. The number of nitrogens with one attached hydrogen (secondary N) is 1. The monoisotopic (exact) mass is 469 g/mol. The molecule has 2 aromatic heterocycles. The predicted molar refractivity (Wildman–Crippen MR) is 125 cm³/mol. The van der Waals surface area contributed by atoms with Crippen molar-refractivity contribution in [3.05, 3.63) is 99.2 Å². The minimum absolute atomic E-state index is 0.117. The van der Waals surface area contributed by atoms with E-state index in [0.29, 0.717) is 33.8 Å². The summed E-state index contributed by atoms with van der Waals surface area (Å²) in [6.07, 6.45) is 0. The lowest BCUT2D eigenvalue weighted by molar-refractivity contribution is 0.0992. The number of carbonyl (C=O) groups is 1. The summed E-state index contributed by atoms with van der Waals surface area (Å²) in [6, 6.07) is 18.1. The highest BCUT2D eigenvalue weighted by molar-refractivity contribution is 6.42. The van der Waals surface area contributed by atoms with E-state index in [2.05, 4.69) is 10.4 Å². The van der Waals surface area contributed by atoms with Gasteiger partial charge in [0.05, 0.1) is 17.3 Å². The lowest BCUT2D eigenvalue weighted by Gasteiger charge is -2.08. The van der Waals surface area contributed by atoms with E-state index in [1.54, 1.807) is 30.3 Å². The largest absolute Gasteiger partial charge is 0.484 e. The zero-order valence-corrected chi connectivity index (χ0v) is 19.1. The molecule has 2 heterocycles. The van der Waals surface area contributed by atoms with Gasteiger partial charge in [0.2, 0.25) is 0 Å². The van der Waals surface area contributed by atoms with Gasteiger partial charge < -0.3 is 14.5 Å². The molecular weight excluding hydrogens is 449 g/mol. The highest BCUT2D eigenvalue weighted by atomic mass is 35.5. The zero-order valence-electron chi connectivity index (χ0n) is 17.6. The van der Waals surface area contributed by atoms with Gasteiger partial charge in [-0.05, 0) is 61.9 Å². The molecule has 4 aromatic rings. The van der Waals surface area contributed by atoms with Crippen molar-refractivity contribution in [2.75, 3.05) is 5.32 Å². The van der Waals surface area contributed by atoms with Crippen LogP contribution < -0.4 is 10.1 Å². The minimum Gasteiger partial charge on any atom is -0.484 e. The maximum Gasteiger partial charge on any atom is 0.291 e. The van der Waals surface area contributed by atoms with Crippen molar-refractivity contribution in [3.63, 3.8) is 0 Å². The first-order valence-electron chi connectivity index (χ1n) is 9.96. The molecule has 0 aliphatic carbocycles. The van der Waals surface area contributed by atoms with E-state index < -0.39 is 0 Å². The van der Waals surface area contributed by atoms with Crippen LogP contribution in [0, 0.1) is 13.8 Å². The number of carbonyl (C=O) groups excluding carboxylic acids is 1. The van der Waals surface area contributed by atoms with Gasteiger partial charge in [0.15, 0.2) is 5.76 Å². The number of anilines is 1. The van der Waals surface area contributed by atoms with Gasteiger partial charge in [-0.25, -0.2) is 0 Å². The first-order chi connectivity index (χ1) is 15.4. The molecule has 4 rings (SSSR count). The molecule has 0 atom stereocenters. The average Bonchev–Trinajstić information content (AvgIpc) is 3.35. The number of ether oxygens (including phenoxy) is 1. The number of furan rings is 1. The molecule has 0 aliphatic rings. The van der Waals surface area contributed by atoms with Crippen LogP contribution in [0.1, 0.15) is 33.3 Å². The number of aryl methyl sites for hydroxylation is 2. The molecule has 0 unspecified atom stereocenters. The highest BCUT2D eigenvalue weighted by Gasteiger charge is 2.13. The highest BCUT2D eigenvalue weighted by Crippen LogP contribution is 2.32. The van der Waals surface area contributed by atoms with Crippen molar-refractivity contribution in [2.45, 2.75) is 27.0 Å². The Balaban J connectivity index is 1.39. The molecule has 0 saturated carbocycles. The summed E-state index contributed by atoms with van der Waals surface area (Å²) in [5.41, 5.74) is 3.76. The normalized spacial score (nSPS) is 10.9. The Morgan fingerprint density at radius 1 is 1.09 bits per heavy atom. The van der Waals surface area contributed by atoms with Crippen LogP contribution in [0.15, 0.2) is 65.1 Å². The van der Waals surface area contributed by atoms with E-state index in [1.807, 2.05) is 48.9 Å². The van der Waals surface area contributed by atoms with Crippen molar-refractivity contribution < 1.29 is 13.9 Å². The Labute approximate surface area is 195 Å². The SMILES string of the molecule is Cc1cc(C)n(Cc2cccc(NC(=O)c3ccc(COc4cccc(Cl)c4Cl)o3)c2)n1. The molecule has 32 heavy (non-hydrogen) atoms. The van der Waals surface area contributed by atoms with Crippen molar-refractivity contribution in [1.29, 1.82) is 0 Å². The fraction of sp³-hybridized carbons (Fsp3) is 0.167. The van der Waals surface area contributed by atoms with Crippen molar-refractivity contribution in [1.82, 2.24) is 9.78 Å². The molecule has 1 N–H and O–H groups in total. The number of benzene rings is 2. The smallest absolute Gasteiger partial charge is 0.291 e. The fourth-order valence-electron chi connectivity index (χ4n) is 3.27. The Hall–Kier alpha value is -3.22. The number of hydrogen-bond acceptors (Lipinski definition) is 4. The maximum atomic E-state index is 12.6. The van der Waals surface area contributed by atoms with Crippen LogP contribution in [0.25, 0.3) is 0 Å². The third-order valence-corrected chi connectivity index (χ3v) is 5.59. The summed E-state index contributed by atoms with van der Waals surface area (Å²) in [7, 11) is 0. The fourth-order valence-corrected chi connectivity index (χ4v) is 3.62. The molecular formula is C24H21Cl2N3O3. The van der Waals surface area contributed by atoms with E-state index in [9.17, 15) is 4.79 Å². The summed E-state index contributed by atoms with van der Waals surface area (Å²) in [5, 5.41) is 8.09. The Bertz CT molecular complexity index is 1260. The lowest BCUT2D eigenvalue weighted by Crippen LogP contribution is -2.11. The second-order valence-corrected chi connectivity index (χ2v) is 8.13. The standard InChI is InChI=1S/C24H21Cl2N3O3/c1-15-11-16(2)29(28-15)13-17-5-3-6-18(12-17)27-24(30)22-10-9-19(32-22)14-31-21-8-4-7-20(25)23(21)26/h3-12H,13-14H2,1-2H3,(H,27,30). The van der Waals surface area contributed by atoms with Gasteiger partial charge in [0.1, 0.15) is 23.1 Å². The Morgan fingerprint density at radius 3 is 2.69 bits per heavy atom. The summed E-state index contributed by atoms with van der Waals surface area (Å²) in [4.78, 5) is 12.6. The van der Waals surface area contributed by atoms with Gasteiger partial charge in [-0.3, -0.25) is 9.48 Å². The molecule has 0 spiro atoms. The average molecular weight is 470 g/mol. The van der Waals surface area contributed by atoms with Crippen LogP contribution in [0.5, 0.6) is 5.75 Å². The maximum absolute atomic E-state index is 12.6. The topological polar surface area (TPSA) is 69.3 Å². The molecule has 1 amide bonds. The number of amides is 1. The molecule has 0 bridgehead atoms. The third-order valence-electron chi connectivity index (χ3n) is 4.79. The molecule has 0 radical (unpaired) electrons. The Kier molecular flexibility index (Phi) is 6.53. The quantitative estimate of drug-likeness (QED) is 0.345. The number of hydrogen-bond donors (Lipinski definition) is 1. The molecule has 0 fully saturated rings. The van der Waals surface area contributed by atoms with Crippen molar-refractivity contribution in [2.24, 2.45) is 0 Å². The predicted octanol–water partition coefficient (Wildman–Crippen LogP) is 6.28. The van der Waals surface area contributed by atoms with Crippen LogP contribution in [0.2, 0.25) is 10.0 Å². The summed E-state index contributed by atoms with van der Waals surface area (Å²) < 4.78 is 13.2. The minimum atomic E-state index is -0.347. The summed E-state index contributed by atoms with van der Waals surface area (Å²) in [6.45, 7) is 4.72. The van der Waals surface area contributed by atoms with Crippen LogP contribution in [0.4, 0.5) is 5.69 Å². The summed E-state index contributed by atoms with van der Waals surface area (Å²) in [5.74, 6) is 0.774. The molecule has 0 aliphatic heterocycles.